The van der Waals surface area contributed by atoms with Gasteiger partial charge >= 0.3 is 0 Å². The smallest absolute Gasteiger partial charge is 0.142 e. The van der Waals surface area contributed by atoms with Crippen LogP contribution in [0, 0.1) is 18.3 Å². The van der Waals surface area contributed by atoms with E-state index in [1.165, 1.54) is 11.3 Å². The summed E-state index contributed by atoms with van der Waals surface area (Å²) in [6.07, 6.45) is 1.63. The molecule has 0 saturated heterocycles. The zero-order chi connectivity index (χ0) is 13.8. The van der Waals surface area contributed by atoms with Gasteiger partial charge < -0.3 is 10.2 Å². The summed E-state index contributed by atoms with van der Waals surface area (Å²) in [7, 11) is 4.04. The molecular weight excluding hydrogens is 236 g/mol. The van der Waals surface area contributed by atoms with Gasteiger partial charge in [0.15, 0.2) is 0 Å². The molecule has 1 N–H and O–H groups in total. The van der Waals surface area contributed by atoms with Crippen LogP contribution in [0.15, 0.2) is 36.5 Å². The standard InChI is InChI=1S/C15H16N4/c1-11-4-5-12(9-15(11)19(2)3)18-13-6-7-17-14(8-13)10-16/h4-9H,1-3H3,(H,17,18). The molecule has 0 aliphatic heterocycles. The number of aryl methyl sites for hydroxylation is 1. The molecule has 2 rings (SSSR count). The van der Waals surface area contributed by atoms with E-state index in [0.29, 0.717) is 5.69 Å². The van der Waals surface area contributed by atoms with E-state index in [1.54, 1.807) is 12.3 Å². The fourth-order valence-electron chi connectivity index (χ4n) is 1.91. The van der Waals surface area contributed by atoms with E-state index in [9.17, 15) is 0 Å². The molecular formula is C15H16N4. The molecule has 0 amide bonds. The predicted molar refractivity (Wildman–Crippen MR) is 77.7 cm³/mol. The van der Waals surface area contributed by atoms with E-state index in [-0.39, 0.29) is 0 Å². The fourth-order valence-corrected chi connectivity index (χ4v) is 1.91. The van der Waals surface area contributed by atoms with Gasteiger partial charge in [0, 0.05) is 37.4 Å². The van der Waals surface area contributed by atoms with E-state index < -0.39 is 0 Å². The van der Waals surface area contributed by atoms with Gasteiger partial charge in [0.1, 0.15) is 11.8 Å². The van der Waals surface area contributed by atoms with Crippen molar-refractivity contribution < 1.29 is 0 Å². The summed E-state index contributed by atoms with van der Waals surface area (Å²) in [6.45, 7) is 2.08. The molecule has 96 valence electrons. The maximum Gasteiger partial charge on any atom is 0.142 e. The van der Waals surface area contributed by atoms with Crippen molar-refractivity contribution in [1.82, 2.24) is 4.98 Å². The molecule has 4 heteroatoms. The second-order valence-electron chi connectivity index (χ2n) is 4.56. The second-order valence-corrected chi connectivity index (χ2v) is 4.56. The van der Waals surface area contributed by atoms with Gasteiger partial charge in [-0.3, -0.25) is 0 Å². The monoisotopic (exact) mass is 252 g/mol. The Morgan fingerprint density at radius 3 is 2.58 bits per heavy atom. The molecule has 2 aromatic rings. The third-order valence-electron chi connectivity index (χ3n) is 2.85. The third-order valence-corrected chi connectivity index (χ3v) is 2.85. The van der Waals surface area contributed by atoms with Crippen LogP contribution < -0.4 is 10.2 Å². The number of pyridine rings is 1. The minimum atomic E-state index is 0.407. The van der Waals surface area contributed by atoms with Crippen molar-refractivity contribution >= 4 is 17.1 Å². The largest absolute Gasteiger partial charge is 0.377 e. The van der Waals surface area contributed by atoms with E-state index >= 15 is 0 Å². The quantitative estimate of drug-likeness (QED) is 0.912. The first kappa shape index (κ1) is 12.9. The van der Waals surface area contributed by atoms with E-state index in [2.05, 4.69) is 34.3 Å². The average Bonchev–Trinajstić information content (AvgIpc) is 2.41. The summed E-state index contributed by atoms with van der Waals surface area (Å²) in [5.41, 5.74) is 4.65. The zero-order valence-corrected chi connectivity index (χ0v) is 11.3. The van der Waals surface area contributed by atoms with Crippen LogP contribution in [-0.4, -0.2) is 19.1 Å². The lowest BCUT2D eigenvalue weighted by Gasteiger charge is -2.17. The maximum absolute atomic E-state index is 8.83. The number of aromatic nitrogens is 1. The number of anilines is 3. The van der Waals surface area contributed by atoms with Crippen LogP contribution in [0.25, 0.3) is 0 Å². The summed E-state index contributed by atoms with van der Waals surface area (Å²) >= 11 is 0. The lowest BCUT2D eigenvalue weighted by Crippen LogP contribution is -2.10. The van der Waals surface area contributed by atoms with Gasteiger partial charge in [0.25, 0.3) is 0 Å². The Hall–Kier alpha value is -2.54. The van der Waals surface area contributed by atoms with Gasteiger partial charge in [-0.1, -0.05) is 6.07 Å². The van der Waals surface area contributed by atoms with Gasteiger partial charge in [-0.25, -0.2) is 4.98 Å². The van der Waals surface area contributed by atoms with Crippen molar-refractivity contribution in [3.05, 3.63) is 47.8 Å². The van der Waals surface area contributed by atoms with Crippen molar-refractivity contribution in [2.24, 2.45) is 0 Å². The van der Waals surface area contributed by atoms with E-state index in [4.69, 9.17) is 5.26 Å². The van der Waals surface area contributed by atoms with Crippen LogP contribution in [-0.2, 0) is 0 Å². The Balaban J connectivity index is 2.28. The summed E-state index contributed by atoms with van der Waals surface area (Å²) in [5.74, 6) is 0. The first-order valence-corrected chi connectivity index (χ1v) is 6.01. The Bertz CT molecular complexity index is 626. The van der Waals surface area contributed by atoms with Crippen LogP contribution in [0.3, 0.4) is 0 Å². The molecule has 1 aromatic heterocycles. The molecule has 0 radical (unpaired) electrons. The summed E-state index contributed by atoms with van der Waals surface area (Å²) < 4.78 is 0. The first-order chi connectivity index (χ1) is 9.10. The lowest BCUT2D eigenvalue weighted by atomic mass is 10.1. The molecule has 0 atom stereocenters. The molecule has 0 bridgehead atoms. The van der Waals surface area contributed by atoms with Crippen molar-refractivity contribution in [3.8, 4) is 6.07 Å². The highest BCUT2D eigenvalue weighted by molar-refractivity contribution is 5.67. The van der Waals surface area contributed by atoms with Crippen molar-refractivity contribution in [1.29, 1.82) is 5.26 Å². The number of nitrogens with zero attached hydrogens (tertiary/aromatic N) is 3. The Kier molecular flexibility index (Phi) is 3.67. The van der Waals surface area contributed by atoms with E-state index in [1.807, 2.05) is 32.3 Å². The van der Waals surface area contributed by atoms with Crippen LogP contribution in [0.4, 0.5) is 17.1 Å². The topological polar surface area (TPSA) is 52.0 Å². The molecule has 0 spiro atoms. The molecule has 0 aliphatic carbocycles. The van der Waals surface area contributed by atoms with Gasteiger partial charge in [-0.05, 0) is 36.8 Å². The number of nitriles is 1. The Morgan fingerprint density at radius 1 is 1.16 bits per heavy atom. The van der Waals surface area contributed by atoms with Crippen molar-refractivity contribution in [3.63, 3.8) is 0 Å². The van der Waals surface area contributed by atoms with Gasteiger partial charge in [0.05, 0.1) is 0 Å². The van der Waals surface area contributed by atoms with Crippen LogP contribution >= 0.6 is 0 Å². The van der Waals surface area contributed by atoms with Crippen LogP contribution in [0.5, 0.6) is 0 Å². The summed E-state index contributed by atoms with van der Waals surface area (Å²) in [5, 5.41) is 12.1. The normalized spacial score (nSPS) is 9.79. The second kappa shape index (κ2) is 5.40. The number of hydrogen-bond donors (Lipinski definition) is 1. The van der Waals surface area contributed by atoms with Gasteiger partial charge in [-0.2, -0.15) is 5.26 Å². The fraction of sp³-hybridized carbons (Fsp3) is 0.200. The minimum Gasteiger partial charge on any atom is -0.377 e. The summed E-state index contributed by atoms with van der Waals surface area (Å²) in [4.78, 5) is 6.03. The Morgan fingerprint density at radius 2 is 1.89 bits per heavy atom. The number of rotatable bonds is 3. The molecule has 0 aliphatic rings. The highest BCUT2D eigenvalue weighted by Gasteiger charge is 2.03. The van der Waals surface area contributed by atoms with Crippen molar-refractivity contribution in [2.75, 3.05) is 24.3 Å². The highest BCUT2D eigenvalue weighted by Crippen LogP contribution is 2.25. The molecule has 4 nitrogen and oxygen atoms in total. The molecule has 19 heavy (non-hydrogen) atoms. The van der Waals surface area contributed by atoms with Crippen LogP contribution in [0.1, 0.15) is 11.3 Å². The van der Waals surface area contributed by atoms with Gasteiger partial charge in [0.2, 0.25) is 0 Å². The number of benzene rings is 1. The SMILES string of the molecule is Cc1ccc(Nc2ccnc(C#N)c2)cc1N(C)C. The summed E-state index contributed by atoms with van der Waals surface area (Å²) in [6, 6.07) is 11.8. The number of nitrogens with one attached hydrogen (secondary N) is 1. The average molecular weight is 252 g/mol. The number of hydrogen-bond acceptors (Lipinski definition) is 4. The maximum atomic E-state index is 8.83. The molecule has 1 heterocycles. The van der Waals surface area contributed by atoms with Crippen LogP contribution in [0.2, 0.25) is 0 Å². The van der Waals surface area contributed by atoms with E-state index in [0.717, 1.165) is 11.4 Å². The third kappa shape index (κ3) is 3.02. The zero-order valence-electron chi connectivity index (χ0n) is 11.3. The first-order valence-electron chi connectivity index (χ1n) is 6.01. The minimum absolute atomic E-state index is 0.407. The van der Waals surface area contributed by atoms with Gasteiger partial charge in [-0.15, -0.1) is 0 Å². The molecule has 0 unspecified atom stereocenters. The molecule has 1 aromatic carbocycles. The highest BCUT2D eigenvalue weighted by atomic mass is 15.1. The molecule has 0 saturated carbocycles. The molecule has 0 fully saturated rings. The predicted octanol–water partition coefficient (Wildman–Crippen LogP) is 3.07. The lowest BCUT2D eigenvalue weighted by molar-refractivity contribution is 1.11. The van der Waals surface area contributed by atoms with Crippen molar-refractivity contribution in [2.45, 2.75) is 6.92 Å². The Labute approximate surface area is 113 Å².